The number of nitrogens with one attached hydrogen (secondary N) is 1. The minimum absolute atomic E-state index is 0.262. The Kier molecular flexibility index (Phi) is 3.91. The number of hydrogen-bond acceptors (Lipinski definition) is 4. The lowest BCUT2D eigenvalue weighted by molar-refractivity contribution is -0.137. The Bertz CT molecular complexity index is 591. The van der Waals surface area contributed by atoms with Crippen LogP contribution in [-0.4, -0.2) is 20.2 Å². The first-order valence-electron chi connectivity index (χ1n) is 6.07. The van der Waals surface area contributed by atoms with Crippen LogP contribution in [0.5, 0.6) is 0 Å². The average molecular weight is 285 g/mol. The van der Waals surface area contributed by atoms with E-state index in [1.54, 1.807) is 7.05 Å². The lowest BCUT2D eigenvalue weighted by Gasteiger charge is -2.14. The highest BCUT2D eigenvalue weighted by atomic mass is 19.4. The molecule has 20 heavy (non-hydrogen) atoms. The lowest BCUT2D eigenvalue weighted by Crippen LogP contribution is -2.10. The molecule has 0 fully saturated rings. The summed E-state index contributed by atoms with van der Waals surface area (Å²) in [7, 11) is 1.67. The molecule has 5 nitrogen and oxygen atoms in total. The summed E-state index contributed by atoms with van der Waals surface area (Å²) in [4.78, 5) is 0. The molecule has 8 heteroatoms. The number of halogens is 3. The number of aryl methyl sites for hydroxylation is 2. The van der Waals surface area contributed by atoms with Crippen LogP contribution in [0.3, 0.4) is 0 Å². The van der Waals surface area contributed by atoms with Crippen molar-refractivity contribution < 1.29 is 13.2 Å². The van der Waals surface area contributed by atoms with Crippen molar-refractivity contribution in [1.82, 2.24) is 20.2 Å². The molecule has 0 aliphatic carbocycles. The molecule has 0 bridgehead atoms. The summed E-state index contributed by atoms with van der Waals surface area (Å²) in [5.41, 5.74) is 0.590. The van der Waals surface area contributed by atoms with E-state index in [0.29, 0.717) is 17.9 Å². The molecule has 0 atom stereocenters. The van der Waals surface area contributed by atoms with Crippen LogP contribution in [0, 0.1) is 0 Å². The number of nitrogens with zero attached hydrogens (tertiary/aromatic N) is 4. The van der Waals surface area contributed by atoms with Crippen LogP contribution in [0.2, 0.25) is 0 Å². The van der Waals surface area contributed by atoms with Crippen LogP contribution < -0.4 is 5.32 Å². The minimum atomic E-state index is -4.35. The van der Waals surface area contributed by atoms with Gasteiger partial charge in [0, 0.05) is 12.7 Å². The predicted molar refractivity (Wildman–Crippen MR) is 66.9 cm³/mol. The van der Waals surface area contributed by atoms with E-state index in [2.05, 4.69) is 20.8 Å². The molecule has 0 unspecified atom stereocenters. The number of aromatic nitrogens is 4. The zero-order valence-electron chi connectivity index (χ0n) is 11.1. The molecule has 0 radical (unpaired) electrons. The average Bonchev–Trinajstić information content (AvgIpc) is 2.80. The zero-order valence-corrected chi connectivity index (χ0v) is 11.1. The van der Waals surface area contributed by atoms with Crippen molar-refractivity contribution in [2.75, 3.05) is 5.32 Å². The van der Waals surface area contributed by atoms with Gasteiger partial charge in [0.25, 0.3) is 0 Å². The molecular formula is C12H14F3N5. The fraction of sp³-hybridized carbons (Fsp3) is 0.417. The molecule has 1 aromatic heterocycles. The smallest absolute Gasteiger partial charge is 0.377 e. The lowest BCUT2D eigenvalue weighted by atomic mass is 10.1. The van der Waals surface area contributed by atoms with E-state index in [9.17, 15) is 13.2 Å². The molecule has 0 aliphatic rings. The van der Waals surface area contributed by atoms with Crippen molar-refractivity contribution >= 4 is 5.69 Å². The highest BCUT2D eigenvalue weighted by Crippen LogP contribution is 2.32. The number of benzene rings is 1. The third-order valence-corrected chi connectivity index (χ3v) is 2.96. The van der Waals surface area contributed by atoms with Gasteiger partial charge < -0.3 is 5.32 Å². The fourth-order valence-corrected chi connectivity index (χ4v) is 1.80. The van der Waals surface area contributed by atoms with Crippen molar-refractivity contribution in [3.63, 3.8) is 0 Å². The Labute approximate surface area is 113 Å². The molecule has 0 saturated carbocycles. The zero-order chi connectivity index (χ0) is 14.8. The summed E-state index contributed by atoms with van der Waals surface area (Å²) in [6.07, 6.45) is -3.72. The minimum Gasteiger partial charge on any atom is -0.377 e. The Morgan fingerprint density at radius 2 is 2.05 bits per heavy atom. The number of rotatable bonds is 4. The first kappa shape index (κ1) is 14.3. The first-order chi connectivity index (χ1) is 9.41. The Morgan fingerprint density at radius 3 is 2.60 bits per heavy atom. The van der Waals surface area contributed by atoms with Crippen LogP contribution in [-0.2, 0) is 26.2 Å². The SMILES string of the molecule is CCc1ccc(C(F)(F)F)cc1NCc1nnnn1C. The second-order valence-electron chi connectivity index (χ2n) is 4.30. The van der Waals surface area contributed by atoms with Gasteiger partial charge in [0.1, 0.15) is 0 Å². The van der Waals surface area contributed by atoms with Gasteiger partial charge in [-0.15, -0.1) is 5.10 Å². The second kappa shape index (κ2) is 5.48. The summed E-state index contributed by atoms with van der Waals surface area (Å²) < 4.78 is 39.6. The molecule has 2 aromatic rings. The van der Waals surface area contributed by atoms with Gasteiger partial charge in [0.05, 0.1) is 12.1 Å². The fourth-order valence-electron chi connectivity index (χ4n) is 1.80. The van der Waals surface area contributed by atoms with Gasteiger partial charge >= 0.3 is 6.18 Å². The van der Waals surface area contributed by atoms with Gasteiger partial charge in [0.2, 0.25) is 0 Å². The first-order valence-corrected chi connectivity index (χ1v) is 6.07. The Morgan fingerprint density at radius 1 is 1.30 bits per heavy atom. The van der Waals surface area contributed by atoms with Crippen LogP contribution in [0.15, 0.2) is 18.2 Å². The van der Waals surface area contributed by atoms with E-state index in [-0.39, 0.29) is 6.54 Å². The second-order valence-corrected chi connectivity index (χ2v) is 4.30. The summed E-state index contributed by atoms with van der Waals surface area (Å²) in [5.74, 6) is 0.546. The van der Waals surface area contributed by atoms with E-state index in [1.807, 2.05) is 6.92 Å². The van der Waals surface area contributed by atoms with Crippen molar-refractivity contribution in [1.29, 1.82) is 0 Å². The molecular weight excluding hydrogens is 271 g/mol. The highest BCUT2D eigenvalue weighted by Gasteiger charge is 2.30. The molecule has 1 heterocycles. The standard InChI is InChI=1S/C12H14F3N5/c1-3-8-4-5-9(12(13,14)15)6-10(8)16-7-11-17-18-19-20(11)2/h4-6,16H,3,7H2,1-2H3. The van der Waals surface area contributed by atoms with Crippen LogP contribution in [0.4, 0.5) is 18.9 Å². The number of hydrogen-bond donors (Lipinski definition) is 1. The van der Waals surface area contributed by atoms with Gasteiger partial charge in [-0.25, -0.2) is 4.68 Å². The van der Waals surface area contributed by atoms with Gasteiger partial charge in [-0.2, -0.15) is 13.2 Å². The van der Waals surface area contributed by atoms with Gasteiger partial charge in [-0.1, -0.05) is 13.0 Å². The number of tetrazole rings is 1. The van der Waals surface area contributed by atoms with E-state index in [4.69, 9.17) is 0 Å². The summed E-state index contributed by atoms with van der Waals surface area (Å²) in [6, 6.07) is 3.69. The van der Waals surface area contributed by atoms with Gasteiger partial charge in [-0.3, -0.25) is 0 Å². The largest absolute Gasteiger partial charge is 0.416 e. The number of alkyl halides is 3. The van der Waals surface area contributed by atoms with Crippen molar-refractivity contribution in [2.45, 2.75) is 26.1 Å². The molecule has 2 rings (SSSR count). The quantitative estimate of drug-likeness (QED) is 0.937. The van der Waals surface area contributed by atoms with E-state index >= 15 is 0 Å². The maximum absolute atomic E-state index is 12.7. The Hall–Kier alpha value is -2.12. The molecule has 108 valence electrons. The molecule has 1 N–H and O–H groups in total. The summed E-state index contributed by atoms with van der Waals surface area (Å²) in [5, 5.41) is 13.9. The maximum Gasteiger partial charge on any atom is 0.416 e. The summed E-state index contributed by atoms with van der Waals surface area (Å²) in [6.45, 7) is 2.15. The molecule has 0 amide bonds. The van der Waals surface area contributed by atoms with E-state index < -0.39 is 11.7 Å². The molecule has 0 saturated heterocycles. The summed E-state index contributed by atoms with van der Waals surface area (Å²) >= 11 is 0. The number of anilines is 1. The normalized spacial score (nSPS) is 11.7. The van der Waals surface area contributed by atoms with Gasteiger partial charge in [-0.05, 0) is 34.5 Å². The highest BCUT2D eigenvalue weighted by molar-refractivity contribution is 5.54. The van der Waals surface area contributed by atoms with Crippen molar-refractivity contribution in [3.8, 4) is 0 Å². The monoisotopic (exact) mass is 285 g/mol. The topological polar surface area (TPSA) is 55.6 Å². The Balaban J connectivity index is 2.23. The molecule has 0 spiro atoms. The third kappa shape index (κ3) is 3.06. The van der Waals surface area contributed by atoms with Crippen molar-refractivity contribution in [2.24, 2.45) is 7.05 Å². The molecule has 1 aromatic carbocycles. The van der Waals surface area contributed by atoms with Gasteiger partial charge in [0.15, 0.2) is 5.82 Å². The third-order valence-electron chi connectivity index (χ3n) is 2.96. The van der Waals surface area contributed by atoms with Crippen molar-refractivity contribution in [3.05, 3.63) is 35.2 Å². The van der Waals surface area contributed by atoms with Crippen LogP contribution in [0.1, 0.15) is 23.9 Å². The molecule has 0 aliphatic heterocycles. The van der Waals surface area contributed by atoms with E-state index in [0.717, 1.165) is 17.7 Å². The van der Waals surface area contributed by atoms with Crippen LogP contribution >= 0.6 is 0 Å². The predicted octanol–water partition coefficient (Wildman–Crippen LogP) is 2.40. The maximum atomic E-state index is 12.7. The van der Waals surface area contributed by atoms with E-state index in [1.165, 1.54) is 10.7 Å². The van der Waals surface area contributed by atoms with Crippen LogP contribution in [0.25, 0.3) is 0 Å².